The molecule has 1 amide bonds. The first-order valence-corrected chi connectivity index (χ1v) is 11.0. The number of nitrogens with one attached hydrogen (secondary N) is 2. The number of hydrogen-bond donors (Lipinski definition) is 2. The summed E-state index contributed by atoms with van der Waals surface area (Å²) in [6.45, 7) is 3.58. The first kappa shape index (κ1) is 22.2. The number of sulfonamides is 1. The van der Waals surface area contributed by atoms with E-state index in [2.05, 4.69) is 10.0 Å². The third kappa shape index (κ3) is 5.99. The number of carbonyl (C=O) groups excluding carboxylic acids is 1. The second-order valence-corrected chi connectivity index (χ2v) is 8.67. The monoisotopic (exact) mass is 440 g/mol. The van der Waals surface area contributed by atoms with Gasteiger partial charge in [-0.2, -0.15) is 0 Å². The number of hydrogen-bond acceptors (Lipinski definition) is 5. The van der Waals surface area contributed by atoms with Gasteiger partial charge in [-0.05, 0) is 73.5 Å². The van der Waals surface area contributed by atoms with E-state index in [1.807, 2.05) is 19.9 Å². The average molecular weight is 441 g/mol. The Balaban J connectivity index is 1.61. The molecule has 0 heterocycles. The van der Waals surface area contributed by atoms with Gasteiger partial charge in [-0.25, -0.2) is 8.42 Å². The molecule has 0 radical (unpaired) electrons. The number of para-hydroxylation sites is 2. The Morgan fingerprint density at radius 2 is 1.58 bits per heavy atom. The Morgan fingerprint density at radius 1 is 0.935 bits per heavy atom. The summed E-state index contributed by atoms with van der Waals surface area (Å²) in [6.07, 6.45) is 0. The van der Waals surface area contributed by atoms with Gasteiger partial charge >= 0.3 is 0 Å². The first-order valence-electron chi connectivity index (χ1n) is 9.54. The minimum Gasteiger partial charge on any atom is -0.495 e. The molecule has 3 rings (SSSR count). The number of rotatable bonds is 8. The smallest absolute Gasteiger partial charge is 0.262 e. The number of ether oxygens (including phenoxy) is 2. The van der Waals surface area contributed by atoms with E-state index in [1.54, 1.807) is 36.4 Å². The van der Waals surface area contributed by atoms with Gasteiger partial charge in [0, 0.05) is 5.69 Å². The van der Waals surface area contributed by atoms with Crippen LogP contribution >= 0.6 is 0 Å². The van der Waals surface area contributed by atoms with Crippen molar-refractivity contribution < 1.29 is 22.7 Å². The van der Waals surface area contributed by atoms with Crippen molar-refractivity contribution in [3.63, 3.8) is 0 Å². The van der Waals surface area contributed by atoms with E-state index < -0.39 is 10.0 Å². The fourth-order valence-electron chi connectivity index (χ4n) is 3.05. The minimum absolute atomic E-state index is 0.0949. The predicted molar refractivity (Wildman–Crippen MR) is 120 cm³/mol. The number of amides is 1. The van der Waals surface area contributed by atoms with E-state index in [0.29, 0.717) is 22.9 Å². The molecule has 0 aliphatic carbocycles. The van der Waals surface area contributed by atoms with E-state index in [-0.39, 0.29) is 17.4 Å². The van der Waals surface area contributed by atoms with Gasteiger partial charge in [0.25, 0.3) is 15.9 Å². The maximum absolute atomic E-state index is 12.6. The number of methoxy groups -OCH3 is 1. The number of carbonyl (C=O) groups is 1. The molecule has 8 heteroatoms. The van der Waals surface area contributed by atoms with Crippen LogP contribution in [0.4, 0.5) is 11.4 Å². The largest absolute Gasteiger partial charge is 0.495 e. The molecule has 0 aromatic heterocycles. The summed E-state index contributed by atoms with van der Waals surface area (Å²) in [4.78, 5) is 12.2. The first-order chi connectivity index (χ1) is 14.8. The highest BCUT2D eigenvalue weighted by Gasteiger charge is 2.15. The Labute approximate surface area is 182 Å². The number of anilines is 2. The lowest BCUT2D eigenvalue weighted by atomic mass is 10.1. The second kappa shape index (κ2) is 9.53. The van der Waals surface area contributed by atoms with Gasteiger partial charge in [-0.3, -0.25) is 9.52 Å². The molecule has 0 bridgehead atoms. The van der Waals surface area contributed by atoms with Crippen LogP contribution in [0.25, 0.3) is 0 Å². The van der Waals surface area contributed by atoms with Crippen LogP contribution in [0.5, 0.6) is 11.5 Å². The zero-order valence-corrected chi connectivity index (χ0v) is 18.3. The van der Waals surface area contributed by atoms with Crippen molar-refractivity contribution in [1.82, 2.24) is 0 Å². The Hall–Kier alpha value is -3.52. The van der Waals surface area contributed by atoms with Crippen LogP contribution < -0.4 is 19.5 Å². The van der Waals surface area contributed by atoms with E-state index >= 15 is 0 Å². The maximum atomic E-state index is 12.6. The van der Waals surface area contributed by atoms with Crippen LogP contribution in [0, 0.1) is 13.8 Å². The van der Waals surface area contributed by atoms with Crippen molar-refractivity contribution in [2.45, 2.75) is 18.7 Å². The molecule has 0 aliphatic rings. The van der Waals surface area contributed by atoms with Gasteiger partial charge in [0.15, 0.2) is 6.61 Å². The van der Waals surface area contributed by atoms with Crippen LogP contribution in [0.3, 0.4) is 0 Å². The predicted octanol–water partition coefficient (Wildman–Crippen LogP) is 4.13. The number of benzene rings is 3. The third-order valence-electron chi connectivity index (χ3n) is 4.36. The maximum Gasteiger partial charge on any atom is 0.262 e. The molecular formula is C23H24N2O5S. The summed E-state index contributed by atoms with van der Waals surface area (Å²) >= 11 is 0. The summed E-state index contributed by atoms with van der Waals surface area (Å²) in [6, 6.07) is 18.4. The van der Waals surface area contributed by atoms with Crippen LogP contribution in [0.2, 0.25) is 0 Å². The van der Waals surface area contributed by atoms with Crippen LogP contribution in [-0.2, 0) is 14.8 Å². The zero-order valence-electron chi connectivity index (χ0n) is 17.5. The van der Waals surface area contributed by atoms with Gasteiger partial charge in [0.1, 0.15) is 11.5 Å². The quantitative estimate of drug-likeness (QED) is 0.549. The molecule has 0 atom stereocenters. The average Bonchev–Trinajstić information content (AvgIpc) is 2.72. The second-order valence-electron chi connectivity index (χ2n) is 6.99. The minimum atomic E-state index is -3.74. The lowest BCUT2D eigenvalue weighted by Gasteiger charge is -2.12. The van der Waals surface area contributed by atoms with Crippen molar-refractivity contribution in [3.8, 4) is 11.5 Å². The normalized spacial score (nSPS) is 10.9. The summed E-state index contributed by atoms with van der Waals surface area (Å²) in [5.74, 6) is 0.555. The van der Waals surface area contributed by atoms with Crippen LogP contribution in [0.15, 0.2) is 71.6 Å². The SMILES string of the molecule is COc1ccccc1NC(=O)COc1ccc(S(=O)(=O)Nc2cc(C)cc(C)c2)cc1. The van der Waals surface area contributed by atoms with Crippen molar-refractivity contribution >= 4 is 27.3 Å². The highest BCUT2D eigenvalue weighted by atomic mass is 32.2. The molecule has 0 spiro atoms. The van der Waals surface area contributed by atoms with Gasteiger partial charge in [0.2, 0.25) is 0 Å². The fourth-order valence-corrected chi connectivity index (χ4v) is 4.09. The highest BCUT2D eigenvalue weighted by molar-refractivity contribution is 7.92. The van der Waals surface area contributed by atoms with Crippen LogP contribution in [-0.4, -0.2) is 28.0 Å². The van der Waals surface area contributed by atoms with Gasteiger partial charge < -0.3 is 14.8 Å². The Kier molecular flexibility index (Phi) is 6.81. The molecule has 0 saturated heterocycles. The Morgan fingerprint density at radius 3 is 2.23 bits per heavy atom. The van der Waals surface area contributed by atoms with Crippen molar-refractivity contribution in [1.29, 1.82) is 0 Å². The highest BCUT2D eigenvalue weighted by Crippen LogP contribution is 2.23. The Bertz CT molecular complexity index is 1150. The topological polar surface area (TPSA) is 93.7 Å². The van der Waals surface area contributed by atoms with Gasteiger partial charge in [0.05, 0.1) is 17.7 Å². The molecule has 3 aromatic carbocycles. The zero-order chi connectivity index (χ0) is 22.4. The molecule has 0 fully saturated rings. The van der Waals surface area contributed by atoms with E-state index in [4.69, 9.17) is 9.47 Å². The summed E-state index contributed by atoms with van der Waals surface area (Å²) in [5, 5.41) is 2.71. The van der Waals surface area contributed by atoms with E-state index in [9.17, 15) is 13.2 Å². The summed E-state index contributed by atoms with van der Waals surface area (Å²) < 4.78 is 38.5. The standard InChI is InChI=1S/C23H24N2O5S/c1-16-12-17(2)14-18(13-16)25-31(27,28)20-10-8-19(9-11-20)30-15-23(26)24-21-6-4-5-7-22(21)29-3/h4-14,25H,15H2,1-3H3,(H,24,26). The molecule has 31 heavy (non-hydrogen) atoms. The lowest BCUT2D eigenvalue weighted by molar-refractivity contribution is -0.118. The molecule has 162 valence electrons. The summed E-state index contributed by atoms with van der Waals surface area (Å²) in [5.41, 5.74) is 2.98. The fraction of sp³-hybridized carbons (Fsp3) is 0.174. The molecule has 3 aromatic rings. The number of aryl methyl sites for hydroxylation is 2. The van der Waals surface area contributed by atoms with Gasteiger partial charge in [-0.1, -0.05) is 18.2 Å². The van der Waals surface area contributed by atoms with E-state index in [1.165, 1.54) is 31.4 Å². The molecular weight excluding hydrogens is 416 g/mol. The molecule has 2 N–H and O–H groups in total. The third-order valence-corrected chi connectivity index (χ3v) is 5.76. The molecule has 7 nitrogen and oxygen atoms in total. The summed E-state index contributed by atoms with van der Waals surface area (Å²) in [7, 11) is -2.22. The van der Waals surface area contributed by atoms with E-state index in [0.717, 1.165) is 11.1 Å². The van der Waals surface area contributed by atoms with Crippen molar-refractivity contribution in [3.05, 3.63) is 77.9 Å². The lowest BCUT2D eigenvalue weighted by Crippen LogP contribution is -2.20. The molecule has 0 saturated carbocycles. The van der Waals surface area contributed by atoms with Crippen molar-refractivity contribution in [2.24, 2.45) is 0 Å². The van der Waals surface area contributed by atoms with Crippen LogP contribution in [0.1, 0.15) is 11.1 Å². The van der Waals surface area contributed by atoms with Crippen molar-refractivity contribution in [2.75, 3.05) is 23.8 Å². The van der Waals surface area contributed by atoms with Gasteiger partial charge in [-0.15, -0.1) is 0 Å². The molecule has 0 unspecified atom stereocenters. The molecule has 0 aliphatic heterocycles.